The van der Waals surface area contributed by atoms with Gasteiger partial charge in [-0.05, 0) is 24.1 Å². The number of amides is 1. The van der Waals surface area contributed by atoms with Gasteiger partial charge >= 0.3 is 0 Å². The maximum Gasteiger partial charge on any atom is 0.240 e. The number of benzene rings is 1. The van der Waals surface area contributed by atoms with Crippen molar-refractivity contribution in [2.75, 3.05) is 26.7 Å². The average Bonchev–Trinajstić information content (AvgIpc) is 2.47. The highest BCUT2D eigenvalue weighted by molar-refractivity contribution is 7.89. The van der Waals surface area contributed by atoms with Crippen LogP contribution in [-0.4, -0.2) is 45.9 Å². The largest absolute Gasteiger partial charge is 0.345 e. The zero-order chi connectivity index (χ0) is 16.8. The Morgan fingerprint density at radius 3 is 2.41 bits per heavy atom. The van der Waals surface area contributed by atoms with Gasteiger partial charge in [0.25, 0.3) is 0 Å². The van der Waals surface area contributed by atoms with Crippen LogP contribution in [0.5, 0.6) is 0 Å². The summed E-state index contributed by atoms with van der Waals surface area (Å²) >= 11 is 0. The fourth-order valence-electron chi connectivity index (χ4n) is 1.96. The lowest BCUT2D eigenvalue weighted by molar-refractivity contribution is -0.130. The van der Waals surface area contributed by atoms with E-state index < -0.39 is 10.0 Å². The highest BCUT2D eigenvalue weighted by Crippen LogP contribution is 2.14. The average molecular weight is 327 g/mol. The Balaban J connectivity index is 2.49. The summed E-state index contributed by atoms with van der Waals surface area (Å²) in [6.07, 6.45) is 0.114. The molecule has 0 aromatic heterocycles. The second-order valence-electron chi connectivity index (χ2n) is 6.08. The van der Waals surface area contributed by atoms with Crippen molar-refractivity contribution in [3.63, 3.8) is 0 Å². The Hall–Kier alpha value is -1.44. The Bertz CT molecular complexity index is 585. The summed E-state index contributed by atoms with van der Waals surface area (Å²) in [5, 5.41) is 0. The smallest absolute Gasteiger partial charge is 0.240 e. The van der Waals surface area contributed by atoms with Gasteiger partial charge in [0.1, 0.15) is 0 Å². The first-order valence-corrected chi connectivity index (χ1v) is 8.65. The molecule has 6 nitrogen and oxygen atoms in total. The molecule has 1 rings (SSSR count). The van der Waals surface area contributed by atoms with Crippen LogP contribution in [-0.2, 0) is 14.8 Å². The van der Waals surface area contributed by atoms with Gasteiger partial charge in [-0.2, -0.15) is 0 Å². The molecule has 0 saturated heterocycles. The number of nitrogens with two attached hydrogens (primary N) is 1. The van der Waals surface area contributed by atoms with Crippen molar-refractivity contribution in [2.45, 2.75) is 25.2 Å². The standard InChI is InChI=1S/C15H25N3O3S/c1-15(2,11-16)12-18(3)14(19)9-10-17-22(20,21)13-7-5-4-6-8-13/h4-8,17H,9-12,16H2,1-3H3. The number of rotatable bonds is 8. The second kappa shape index (κ2) is 7.71. The molecule has 0 spiro atoms. The van der Waals surface area contributed by atoms with Crippen molar-refractivity contribution in [3.05, 3.63) is 30.3 Å². The van der Waals surface area contributed by atoms with Crippen molar-refractivity contribution in [2.24, 2.45) is 11.1 Å². The highest BCUT2D eigenvalue weighted by atomic mass is 32.2. The lowest BCUT2D eigenvalue weighted by Crippen LogP contribution is -2.40. The van der Waals surface area contributed by atoms with E-state index in [2.05, 4.69) is 4.72 Å². The van der Waals surface area contributed by atoms with Gasteiger partial charge in [-0.1, -0.05) is 32.0 Å². The van der Waals surface area contributed by atoms with Gasteiger partial charge in [0.15, 0.2) is 0 Å². The molecule has 1 aromatic rings. The van der Waals surface area contributed by atoms with Crippen molar-refractivity contribution >= 4 is 15.9 Å². The van der Waals surface area contributed by atoms with Gasteiger partial charge in [0.05, 0.1) is 4.90 Å². The molecule has 0 unspecified atom stereocenters. The van der Waals surface area contributed by atoms with Crippen LogP contribution in [0.15, 0.2) is 35.2 Å². The number of nitrogens with zero attached hydrogens (tertiary/aromatic N) is 1. The predicted octanol–water partition coefficient (Wildman–Crippen LogP) is 0.798. The molecule has 124 valence electrons. The van der Waals surface area contributed by atoms with Gasteiger partial charge in [-0.3, -0.25) is 4.79 Å². The minimum absolute atomic E-state index is 0.0729. The van der Waals surface area contributed by atoms with E-state index in [-0.39, 0.29) is 29.2 Å². The summed E-state index contributed by atoms with van der Waals surface area (Å²) in [5.41, 5.74) is 5.49. The molecule has 22 heavy (non-hydrogen) atoms. The molecule has 0 atom stereocenters. The number of nitrogens with one attached hydrogen (secondary N) is 1. The zero-order valence-electron chi connectivity index (χ0n) is 13.4. The van der Waals surface area contributed by atoms with Gasteiger partial charge in [-0.15, -0.1) is 0 Å². The summed E-state index contributed by atoms with van der Waals surface area (Å²) in [4.78, 5) is 13.8. The quantitative estimate of drug-likeness (QED) is 0.738. The van der Waals surface area contributed by atoms with E-state index in [1.165, 1.54) is 12.1 Å². The number of carbonyl (C=O) groups is 1. The van der Waals surface area contributed by atoms with Crippen molar-refractivity contribution in [1.29, 1.82) is 0 Å². The lowest BCUT2D eigenvalue weighted by atomic mass is 9.93. The van der Waals surface area contributed by atoms with E-state index in [9.17, 15) is 13.2 Å². The molecule has 0 aliphatic heterocycles. The Morgan fingerprint density at radius 2 is 1.86 bits per heavy atom. The van der Waals surface area contributed by atoms with Crippen LogP contribution in [0.25, 0.3) is 0 Å². The van der Waals surface area contributed by atoms with E-state index in [0.717, 1.165) is 0 Å². The minimum atomic E-state index is -3.56. The van der Waals surface area contributed by atoms with Crippen molar-refractivity contribution < 1.29 is 13.2 Å². The lowest BCUT2D eigenvalue weighted by Gasteiger charge is -2.29. The summed E-state index contributed by atoms with van der Waals surface area (Å²) in [6, 6.07) is 8.08. The van der Waals surface area contributed by atoms with E-state index in [1.54, 1.807) is 30.1 Å². The minimum Gasteiger partial charge on any atom is -0.345 e. The van der Waals surface area contributed by atoms with Crippen LogP contribution in [0.3, 0.4) is 0 Å². The molecular formula is C15H25N3O3S. The first-order valence-electron chi connectivity index (χ1n) is 7.17. The number of sulfonamides is 1. The first-order chi connectivity index (χ1) is 10.2. The van der Waals surface area contributed by atoms with Crippen molar-refractivity contribution in [1.82, 2.24) is 9.62 Å². The summed E-state index contributed by atoms with van der Waals surface area (Å²) < 4.78 is 26.5. The van der Waals surface area contributed by atoms with Crippen LogP contribution in [0.4, 0.5) is 0 Å². The third kappa shape index (κ3) is 5.75. The van der Waals surface area contributed by atoms with Crippen LogP contribution >= 0.6 is 0 Å². The molecule has 0 saturated carbocycles. The number of carbonyl (C=O) groups excluding carboxylic acids is 1. The van der Waals surface area contributed by atoms with Gasteiger partial charge in [0, 0.05) is 26.6 Å². The second-order valence-corrected chi connectivity index (χ2v) is 7.85. The fourth-order valence-corrected chi connectivity index (χ4v) is 3.01. The molecule has 0 radical (unpaired) electrons. The van der Waals surface area contributed by atoms with Crippen molar-refractivity contribution in [3.8, 4) is 0 Å². The summed E-state index contributed by atoms with van der Waals surface area (Å²) in [7, 11) is -1.86. The monoisotopic (exact) mass is 327 g/mol. The number of hydrogen-bond donors (Lipinski definition) is 2. The Morgan fingerprint density at radius 1 is 1.27 bits per heavy atom. The molecule has 0 aliphatic carbocycles. The van der Waals surface area contributed by atoms with Gasteiger partial charge in [0.2, 0.25) is 15.9 Å². The Labute approximate surface area is 132 Å². The molecule has 1 amide bonds. The van der Waals surface area contributed by atoms with E-state index in [0.29, 0.717) is 13.1 Å². The van der Waals surface area contributed by atoms with E-state index in [4.69, 9.17) is 5.73 Å². The topological polar surface area (TPSA) is 92.5 Å². The summed E-state index contributed by atoms with van der Waals surface area (Å²) in [6.45, 7) is 5.05. The van der Waals surface area contributed by atoms with E-state index >= 15 is 0 Å². The third-order valence-electron chi connectivity index (χ3n) is 3.33. The molecule has 7 heteroatoms. The number of hydrogen-bond acceptors (Lipinski definition) is 4. The first kappa shape index (κ1) is 18.6. The Kier molecular flexibility index (Phi) is 6.52. The zero-order valence-corrected chi connectivity index (χ0v) is 14.2. The van der Waals surface area contributed by atoms with Crippen LogP contribution < -0.4 is 10.5 Å². The SMILES string of the molecule is CN(CC(C)(C)CN)C(=O)CCNS(=O)(=O)c1ccccc1. The summed E-state index contributed by atoms with van der Waals surface area (Å²) in [5.74, 6) is -0.114. The molecule has 0 fully saturated rings. The molecular weight excluding hydrogens is 302 g/mol. The maximum absolute atomic E-state index is 12.0. The molecule has 0 aliphatic rings. The van der Waals surface area contributed by atoms with Crippen LogP contribution in [0.1, 0.15) is 20.3 Å². The fraction of sp³-hybridized carbons (Fsp3) is 0.533. The van der Waals surface area contributed by atoms with E-state index in [1.807, 2.05) is 13.8 Å². The highest BCUT2D eigenvalue weighted by Gasteiger charge is 2.21. The van der Waals surface area contributed by atoms with Crippen LogP contribution in [0, 0.1) is 5.41 Å². The molecule has 1 aromatic carbocycles. The molecule has 0 bridgehead atoms. The van der Waals surface area contributed by atoms with Gasteiger partial charge < -0.3 is 10.6 Å². The van der Waals surface area contributed by atoms with Gasteiger partial charge in [-0.25, -0.2) is 13.1 Å². The normalized spacial score (nSPS) is 12.2. The third-order valence-corrected chi connectivity index (χ3v) is 4.80. The maximum atomic E-state index is 12.0. The predicted molar refractivity (Wildman–Crippen MR) is 86.7 cm³/mol. The van der Waals surface area contributed by atoms with Crippen LogP contribution in [0.2, 0.25) is 0 Å². The molecule has 0 heterocycles. The molecule has 3 N–H and O–H groups in total.